The van der Waals surface area contributed by atoms with E-state index in [9.17, 15) is 28.8 Å². The van der Waals surface area contributed by atoms with Crippen LogP contribution in [-0.2, 0) is 59.0 Å². The van der Waals surface area contributed by atoms with Gasteiger partial charge in [-0.1, -0.05) is 44.2 Å². The van der Waals surface area contributed by atoms with E-state index in [4.69, 9.17) is 28.4 Å². The van der Waals surface area contributed by atoms with E-state index in [-0.39, 0.29) is 19.1 Å². The number of carbonyl (C=O) groups excluding carboxylic acids is 6. The first kappa shape index (κ1) is 35.0. The van der Waals surface area contributed by atoms with E-state index < -0.39 is 79.0 Å². The van der Waals surface area contributed by atoms with E-state index in [2.05, 4.69) is 16.0 Å². The fourth-order valence-electron chi connectivity index (χ4n) is 4.16. The molecule has 43 heavy (non-hydrogen) atoms. The second-order valence-electron chi connectivity index (χ2n) is 9.96. The van der Waals surface area contributed by atoms with Gasteiger partial charge in [0.15, 0.2) is 18.5 Å². The van der Waals surface area contributed by atoms with Crippen LogP contribution in [0.25, 0.3) is 0 Å². The molecule has 0 bridgehead atoms. The number of amides is 3. The molecule has 238 valence electrons. The Hall–Kier alpha value is -4.24. The van der Waals surface area contributed by atoms with Crippen LogP contribution in [0.1, 0.15) is 40.2 Å². The standard InChI is InChI=1S/C28H39N3O12/c1-15(2)22(26(36)40-13-19-10-8-7-9-11-19)30-21(35)12-29-28(37)31-23-25(42-18(5)34)24(41-17(4)33)20(14-39-16(3)32)43-27(23)38-6/h7-11,15,20,22-25,27H,12-14H2,1-6H3,(H,30,35)(H2,29,31,37)/t20-,22+,23-,24-,25-,27-/m1/s1. The van der Waals surface area contributed by atoms with Crippen molar-refractivity contribution in [3.05, 3.63) is 35.9 Å². The van der Waals surface area contributed by atoms with Gasteiger partial charge in [0, 0.05) is 27.9 Å². The predicted molar refractivity (Wildman–Crippen MR) is 147 cm³/mol. The summed E-state index contributed by atoms with van der Waals surface area (Å²) in [5.41, 5.74) is 0.782. The van der Waals surface area contributed by atoms with Gasteiger partial charge >= 0.3 is 29.9 Å². The average Bonchev–Trinajstić information content (AvgIpc) is 2.94. The summed E-state index contributed by atoms with van der Waals surface area (Å²) in [7, 11) is 1.26. The molecule has 0 spiro atoms. The van der Waals surface area contributed by atoms with Crippen molar-refractivity contribution in [2.75, 3.05) is 20.3 Å². The molecule has 1 aliphatic heterocycles. The molecule has 15 nitrogen and oxygen atoms in total. The lowest BCUT2D eigenvalue weighted by molar-refractivity contribution is -0.270. The van der Waals surface area contributed by atoms with E-state index in [1.165, 1.54) is 14.0 Å². The van der Waals surface area contributed by atoms with Crippen LogP contribution in [-0.4, -0.2) is 92.8 Å². The Morgan fingerprint density at radius 3 is 2.07 bits per heavy atom. The summed E-state index contributed by atoms with van der Waals surface area (Å²) in [5, 5.41) is 7.41. The van der Waals surface area contributed by atoms with E-state index in [0.717, 1.165) is 19.4 Å². The Balaban J connectivity index is 2.06. The first-order chi connectivity index (χ1) is 20.3. The molecule has 1 aliphatic rings. The Bertz CT molecular complexity index is 1130. The second-order valence-corrected chi connectivity index (χ2v) is 9.96. The lowest BCUT2D eigenvalue weighted by Gasteiger charge is -2.44. The van der Waals surface area contributed by atoms with Gasteiger partial charge in [0.2, 0.25) is 5.91 Å². The monoisotopic (exact) mass is 609 g/mol. The zero-order chi connectivity index (χ0) is 32.1. The molecule has 0 unspecified atom stereocenters. The van der Waals surface area contributed by atoms with Crippen molar-refractivity contribution in [3.8, 4) is 0 Å². The van der Waals surface area contributed by atoms with Crippen LogP contribution in [0.15, 0.2) is 30.3 Å². The maximum atomic E-state index is 12.8. The Kier molecular flexibility index (Phi) is 13.8. The summed E-state index contributed by atoms with van der Waals surface area (Å²) in [6.45, 7) is 5.98. The van der Waals surface area contributed by atoms with Gasteiger partial charge in [-0.3, -0.25) is 19.2 Å². The molecule has 0 aromatic heterocycles. The topological polar surface area (TPSA) is 194 Å². The van der Waals surface area contributed by atoms with Gasteiger partial charge in [-0.15, -0.1) is 0 Å². The fraction of sp³-hybridized carbons (Fsp3) is 0.571. The maximum absolute atomic E-state index is 12.8. The Labute approximate surface area is 249 Å². The van der Waals surface area contributed by atoms with Crippen molar-refractivity contribution in [1.29, 1.82) is 0 Å². The number of methoxy groups -OCH3 is 1. The third-order valence-electron chi connectivity index (χ3n) is 6.10. The lowest BCUT2D eigenvalue weighted by atomic mass is 9.96. The minimum absolute atomic E-state index is 0.0309. The molecule has 0 aliphatic carbocycles. The Morgan fingerprint density at radius 1 is 0.884 bits per heavy atom. The van der Waals surface area contributed by atoms with Gasteiger partial charge in [0.05, 0.1) is 6.54 Å². The molecule has 0 saturated carbocycles. The first-order valence-electron chi connectivity index (χ1n) is 13.5. The van der Waals surface area contributed by atoms with Crippen molar-refractivity contribution in [3.63, 3.8) is 0 Å². The van der Waals surface area contributed by atoms with Crippen molar-refractivity contribution >= 4 is 35.8 Å². The number of hydrogen-bond donors (Lipinski definition) is 3. The minimum atomic E-state index is -1.33. The molecule has 3 amide bonds. The summed E-state index contributed by atoms with van der Waals surface area (Å²) in [5.74, 6) is -3.78. The molecule has 3 N–H and O–H groups in total. The average molecular weight is 610 g/mol. The zero-order valence-corrected chi connectivity index (χ0v) is 24.9. The summed E-state index contributed by atoms with van der Waals surface area (Å²) in [4.78, 5) is 73.3. The fourth-order valence-corrected chi connectivity index (χ4v) is 4.16. The smallest absolute Gasteiger partial charge is 0.329 e. The molecule has 1 fully saturated rings. The number of esters is 4. The van der Waals surface area contributed by atoms with Crippen molar-refractivity contribution < 1.29 is 57.2 Å². The third-order valence-corrected chi connectivity index (χ3v) is 6.10. The van der Waals surface area contributed by atoms with E-state index in [1.807, 2.05) is 18.2 Å². The molecular formula is C28H39N3O12. The van der Waals surface area contributed by atoms with E-state index in [0.29, 0.717) is 0 Å². The molecular weight excluding hydrogens is 570 g/mol. The van der Waals surface area contributed by atoms with Crippen LogP contribution in [0.4, 0.5) is 4.79 Å². The summed E-state index contributed by atoms with van der Waals surface area (Å²) in [6, 6.07) is 5.94. The predicted octanol–water partition coefficient (Wildman–Crippen LogP) is 0.336. The number of hydrogen-bond acceptors (Lipinski definition) is 12. The molecule has 2 rings (SSSR count). The normalized spacial score (nSPS) is 22.0. The third kappa shape index (κ3) is 11.5. The quantitative estimate of drug-likeness (QED) is 0.205. The first-order valence-corrected chi connectivity index (χ1v) is 13.5. The molecule has 0 radical (unpaired) electrons. The SMILES string of the molecule is CO[C@@H]1O[C@H](COC(C)=O)[C@@H](OC(C)=O)[C@H](OC(C)=O)[C@H]1NC(=O)NCC(=O)N[C@H](C(=O)OCc1ccccc1)C(C)C. The van der Waals surface area contributed by atoms with Crippen LogP contribution in [0, 0.1) is 5.92 Å². The largest absolute Gasteiger partial charge is 0.463 e. The van der Waals surface area contributed by atoms with Gasteiger partial charge in [-0.25, -0.2) is 9.59 Å². The summed E-state index contributed by atoms with van der Waals surface area (Å²) >= 11 is 0. The second kappa shape index (κ2) is 17.0. The lowest BCUT2D eigenvalue weighted by Crippen LogP contribution is -2.67. The number of nitrogens with one attached hydrogen (secondary N) is 3. The molecule has 6 atom stereocenters. The molecule has 1 aromatic carbocycles. The zero-order valence-electron chi connectivity index (χ0n) is 24.9. The highest BCUT2D eigenvalue weighted by molar-refractivity contribution is 5.88. The minimum Gasteiger partial charge on any atom is -0.463 e. The summed E-state index contributed by atoms with van der Waals surface area (Å²) < 4.78 is 32.1. The summed E-state index contributed by atoms with van der Waals surface area (Å²) in [6.07, 6.45) is -4.98. The molecule has 15 heteroatoms. The van der Waals surface area contributed by atoms with Crippen molar-refractivity contribution in [1.82, 2.24) is 16.0 Å². The van der Waals surface area contributed by atoms with Gasteiger partial charge < -0.3 is 44.4 Å². The van der Waals surface area contributed by atoms with E-state index in [1.54, 1.807) is 26.0 Å². The van der Waals surface area contributed by atoms with Crippen LogP contribution in [0.3, 0.4) is 0 Å². The van der Waals surface area contributed by atoms with Crippen LogP contribution < -0.4 is 16.0 Å². The number of urea groups is 1. The van der Waals surface area contributed by atoms with Gasteiger partial charge in [-0.2, -0.15) is 0 Å². The molecule has 1 saturated heterocycles. The van der Waals surface area contributed by atoms with Crippen molar-refractivity contribution in [2.24, 2.45) is 5.92 Å². The van der Waals surface area contributed by atoms with E-state index >= 15 is 0 Å². The number of benzene rings is 1. The van der Waals surface area contributed by atoms with Crippen LogP contribution >= 0.6 is 0 Å². The highest BCUT2D eigenvalue weighted by atomic mass is 16.7. The maximum Gasteiger partial charge on any atom is 0.329 e. The van der Waals surface area contributed by atoms with Crippen LogP contribution in [0.2, 0.25) is 0 Å². The number of ether oxygens (including phenoxy) is 6. The Morgan fingerprint density at radius 2 is 1.51 bits per heavy atom. The molecule has 1 aromatic rings. The van der Waals surface area contributed by atoms with Crippen molar-refractivity contribution in [2.45, 2.75) is 77.9 Å². The van der Waals surface area contributed by atoms with Gasteiger partial charge in [0.25, 0.3) is 0 Å². The van der Waals surface area contributed by atoms with Crippen LogP contribution in [0.5, 0.6) is 0 Å². The highest BCUT2D eigenvalue weighted by Gasteiger charge is 2.51. The van der Waals surface area contributed by atoms with Gasteiger partial charge in [0.1, 0.15) is 31.4 Å². The number of carbonyl (C=O) groups is 6. The number of rotatable bonds is 13. The highest BCUT2D eigenvalue weighted by Crippen LogP contribution is 2.27. The molecule has 1 heterocycles. The van der Waals surface area contributed by atoms with Gasteiger partial charge in [-0.05, 0) is 11.5 Å².